The molecule has 2 unspecified atom stereocenters. The Morgan fingerprint density at radius 3 is 2.94 bits per heavy atom. The van der Waals surface area contributed by atoms with Crippen molar-refractivity contribution in [1.29, 1.82) is 5.26 Å². The molecule has 3 heteroatoms. The third-order valence-electron chi connectivity index (χ3n) is 3.40. The maximum Gasteiger partial charge on any atom is 0.101 e. The van der Waals surface area contributed by atoms with Gasteiger partial charge in [-0.1, -0.05) is 35.7 Å². The molecule has 0 aliphatic heterocycles. The lowest BCUT2D eigenvalue weighted by atomic mass is 9.87. The van der Waals surface area contributed by atoms with E-state index >= 15 is 0 Å². The molecule has 0 amide bonds. The molecule has 1 fully saturated rings. The number of benzene rings is 1. The van der Waals surface area contributed by atoms with Gasteiger partial charge in [-0.3, -0.25) is 0 Å². The van der Waals surface area contributed by atoms with Crippen molar-refractivity contribution >= 4 is 21.6 Å². The van der Waals surface area contributed by atoms with Gasteiger partial charge in [-0.05, 0) is 37.0 Å². The van der Waals surface area contributed by atoms with Crippen molar-refractivity contribution in [3.05, 3.63) is 28.2 Å². The molecule has 0 spiro atoms. The van der Waals surface area contributed by atoms with Crippen molar-refractivity contribution in [2.75, 3.05) is 5.32 Å². The van der Waals surface area contributed by atoms with E-state index in [2.05, 4.69) is 34.2 Å². The maximum absolute atomic E-state index is 9.11. The molecule has 0 radical (unpaired) electrons. The summed E-state index contributed by atoms with van der Waals surface area (Å²) in [5.74, 6) is 0.794. The minimum Gasteiger partial charge on any atom is -0.381 e. The summed E-state index contributed by atoms with van der Waals surface area (Å²) < 4.78 is 0.955. The molecule has 0 saturated heterocycles. The molecule has 90 valence electrons. The molecule has 1 aliphatic rings. The van der Waals surface area contributed by atoms with Crippen molar-refractivity contribution in [1.82, 2.24) is 0 Å². The van der Waals surface area contributed by atoms with Crippen LogP contribution in [0.15, 0.2) is 22.7 Å². The maximum atomic E-state index is 9.11. The second kappa shape index (κ2) is 5.55. The quantitative estimate of drug-likeness (QED) is 0.882. The normalized spacial score (nSPS) is 24.1. The van der Waals surface area contributed by atoms with E-state index in [1.165, 1.54) is 25.7 Å². The zero-order valence-corrected chi connectivity index (χ0v) is 11.6. The molecule has 2 nitrogen and oxygen atoms in total. The van der Waals surface area contributed by atoms with E-state index in [0.29, 0.717) is 6.04 Å². The topological polar surface area (TPSA) is 35.8 Å². The number of anilines is 1. The number of hydrogen-bond acceptors (Lipinski definition) is 2. The summed E-state index contributed by atoms with van der Waals surface area (Å²) in [6, 6.07) is 8.60. The molecule has 0 bridgehead atoms. The van der Waals surface area contributed by atoms with E-state index in [1.807, 2.05) is 18.2 Å². The molecule has 0 heterocycles. The fraction of sp³-hybridized carbons (Fsp3) is 0.500. The van der Waals surface area contributed by atoms with Gasteiger partial charge < -0.3 is 5.32 Å². The van der Waals surface area contributed by atoms with E-state index in [9.17, 15) is 0 Å². The first kappa shape index (κ1) is 12.4. The molecule has 1 aromatic carbocycles. The lowest BCUT2D eigenvalue weighted by Crippen LogP contribution is -2.26. The van der Waals surface area contributed by atoms with Gasteiger partial charge in [-0.15, -0.1) is 0 Å². The van der Waals surface area contributed by atoms with Crippen LogP contribution in [0.3, 0.4) is 0 Å². The van der Waals surface area contributed by atoms with E-state index in [1.54, 1.807) is 0 Å². The molecular formula is C14H17BrN2. The van der Waals surface area contributed by atoms with Gasteiger partial charge in [0.2, 0.25) is 0 Å². The SMILES string of the molecule is CC1CCCC(Nc2ccc(Br)cc2C#N)C1. The Morgan fingerprint density at radius 2 is 2.24 bits per heavy atom. The average Bonchev–Trinajstić information content (AvgIpc) is 2.31. The van der Waals surface area contributed by atoms with Crippen LogP contribution in [0.4, 0.5) is 5.69 Å². The van der Waals surface area contributed by atoms with Crippen LogP contribution in [-0.4, -0.2) is 6.04 Å². The predicted molar refractivity (Wildman–Crippen MR) is 73.9 cm³/mol. The van der Waals surface area contributed by atoms with E-state index in [-0.39, 0.29) is 0 Å². The number of rotatable bonds is 2. The third-order valence-corrected chi connectivity index (χ3v) is 3.89. The average molecular weight is 293 g/mol. The summed E-state index contributed by atoms with van der Waals surface area (Å²) in [7, 11) is 0. The summed E-state index contributed by atoms with van der Waals surface area (Å²) in [5, 5.41) is 12.6. The Hall–Kier alpha value is -1.01. The van der Waals surface area contributed by atoms with Gasteiger partial charge in [0.05, 0.1) is 11.3 Å². The molecule has 1 aliphatic carbocycles. The molecule has 2 rings (SSSR count). The summed E-state index contributed by atoms with van der Waals surface area (Å²) >= 11 is 3.39. The third kappa shape index (κ3) is 3.23. The van der Waals surface area contributed by atoms with Gasteiger partial charge >= 0.3 is 0 Å². The Morgan fingerprint density at radius 1 is 1.41 bits per heavy atom. The Balaban J connectivity index is 2.10. The number of hydrogen-bond donors (Lipinski definition) is 1. The van der Waals surface area contributed by atoms with Gasteiger partial charge in [0.1, 0.15) is 6.07 Å². The minimum atomic E-state index is 0.520. The predicted octanol–water partition coefficient (Wildman–Crippen LogP) is 4.31. The lowest BCUT2D eigenvalue weighted by Gasteiger charge is -2.28. The zero-order valence-electron chi connectivity index (χ0n) is 10.0. The molecule has 0 aromatic heterocycles. The standard InChI is InChI=1S/C14H17BrN2/c1-10-3-2-4-13(7-10)17-14-6-5-12(15)8-11(14)9-16/h5-6,8,10,13,17H,2-4,7H2,1H3. The highest BCUT2D eigenvalue weighted by atomic mass is 79.9. The van der Waals surface area contributed by atoms with E-state index < -0.39 is 0 Å². The Bertz CT molecular complexity index is 436. The van der Waals surface area contributed by atoms with Crippen molar-refractivity contribution in [2.45, 2.75) is 38.6 Å². The monoisotopic (exact) mass is 292 g/mol. The largest absolute Gasteiger partial charge is 0.381 e. The molecular weight excluding hydrogens is 276 g/mol. The summed E-state index contributed by atoms with van der Waals surface area (Å²) in [6.45, 7) is 2.31. The number of nitriles is 1. The van der Waals surface area contributed by atoms with Crippen LogP contribution in [0.5, 0.6) is 0 Å². The van der Waals surface area contributed by atoms with Crippen LogP contribution >= 0.6 is 15.9 Å². The number of nitrogens with one attached hydrogen (secondary N) is 1. The smallest absolute Gasteiger partial charge is 0.101 e. The van der Waals surface area contributed by atoms with E-state index in [4.69, 9.17) is 5.26 Å². The summed E-state index contributed by atoms with van der Waals surface area (Å²) in [5.41, 5.74) is 1.69. The van der Waals surface area contributed by atoms with Crippen molar-refractivity contribution in [3.63, 3.8) is 0 Å². The van der Waals surface area contributed by atoms with Crippen LogP contribution in [0.25, 0.3) is 0 Å². The fourth-order valence-corrected chi connectivity index (χ4v) is 2.88. The summed E-state index contributed by atoms with van der Waals surface area (Å²) in [4.78, 5) is 0. The molecule has 1 N–H and O–H groups in total. The van der Waals surface area contributed by atoms with Crippen LogP contribution in [-0.2, 0) is 0 Å². The highest BCUT2D eigenvalue weighted by Crippen LogP contribution is 2.28. The second-order valence-corrected chi connectivity index (χ2v) is 5.83. The van der Waals surface area contributed by atoms with Gasteiger partial charge in [0.15, 0.2) is 0 Å². The first-order valence-electron chi connectivity index (χ1n) is 6.15. The minimum absolute atomic E-state index is 0.520. The zero-order chi connectivity index (χ0) is 12.3. The second-order valence-electron chi connectivity index (χ2n) is 4.91. The molecule has 2 atom stereocenters. The van der Waals surface area contributed by atoms with Gasteiger partial charge in [-0.2, -0.15) is 5.26 Å². The van der Waals surface area contributed by atoms with Crippen molar-refractivity contribution < 1.29 is 0 Å². The number of nitrogens with zero attached hydrogens (tertiary/aromatic N) is 1. The first-order chi connectivity index (χ1) is 8.19. The van der Waals surface area contributed by atoms with E-state index in [0.717, 1.165) is 21.6 Å². The van der Waals surface area contributed by atoms with Gasteiger partial charge in [0.25, 0.3) is 0 Å². The Kier molecular flexibility index (Phi) is 4.06. The van der Waals surface area contributed by atoms with Crippen LogP contribution < -0.4 is 5.32 Å². The number of halogens is 1. The summed E-state index contributed by atoms with van der Waals surface area (Å²) in [6.07, 6.45) is 5.05. The van der Waals surface area contributed by atoms with Crippen molar-refractivity contribution in [2.24, 2.45) is 5.92 Å². The molecule has 17 heavy (non-hydrogen) atoms. The highest BCUT2D eigenvalue weighted by Gasteiger charge is 2.19. The van der Waals surface area contributed by atoms with Crippen molar-refractivity contribution in [3.8, 4) is 6.07 Å². The van der Waals surface area contributed by atoms with Gasteiger partial charge in [-0.25, -0.2) is 0 Å². The van der Waals surface area contributed by atoms with Crippen LogP contribution in [0.1, 0.15) is 38.2 Å². The van der Waals surface area contributed by atoms with Gasteiger partial charge in [0, 0.05) is 10.5 Å². The fourth-order valence-electron chi connectivity index (χ4n) is 2.52. The first-order valence-corrected chi connectivity index (χ1v) is 6.94. The Labute approximate surface area is 111 Å². The van der Waals surface area contributed by atoms with Crippen LogP contribution in [0.2, 0.25) is 0 Å². The van der Waals surface area contributed by atoms with Crippen LogP contribution in [0, 0.1) is 17.2 Å². The lowest BCUT2D eigenvalue weighted by molar-refractivity contribution is 0.358. The highest BCUT2D eigenvalue weighted by molar-refractivity contribution is 9.10. The molecule has 1 saturated carbocycles. The molecule has 1 aromatic rings.